The Morgan fingerprint density at radius 2 is 1.76 bits per heavy atom. The second-order valence-electron chi connectivity index (χ2n) is 8.00. The number of hydrogen-bond acceptors (Lipinski definition) is 4. The Morgan fingerprint density at radius 1 is 1.15 bits per heavy atom. The first-order valence-electron chi connectivity index (χ1n) is 10.0. The summed E-state index contributed by atoms with van der Waals surface area (Å²) in [5.74, 6) is -9.87. The number of hydrogen-bond donors (Lipinski definition) is 2. The van der Waals surface area contributed by atoms with Crippen LogP contribution in [0.4, 0.5) is 22.0 Å². The van der Waals surface area contributed by atoms with E-state index in [1.165, 1.54) is 0 Å². The molecular weight excluding hydrogens is 453 g/mol. The van der Waals surface area contributed by atoms with E-state index >= 15 is 0 Å². The Hall–Kier alpha value is -3.44. The zero-order valence-corrected chi connectivity index (χ0v) is 17.2. The molecule has 2 aliphatic rings. The van der Waals surface area contributed by atoms with Crippen LogP contribution in [0.3, 0.4) is 0 Å². The van der Waals surface area contributed by atoms with Crippen LogP contribution in [-0.2, 0) is 6.54 Å². The van der Waals surface area contributed by atoms with Crippen molar-refractivity contribution in [3.8, 4) is 5.75 Å². The van der Waals surface area contributed by atoms with Gasteiger partial charge in [-0.25, -0.2) is 22.0 Å². The number of alkyl halides is 2. The van der Waals surface area contributed by atoms with Crippen molar-refractivity contribution in [2.24, 2.45) is 0 Å². The standard InChI is InChI=1S/C21H18F5N3O4/c1-2-28-14-5-21(25,26)6-15(14)29-8-11(17(30)18(31)16(29)20(28)33)19(32)27-7-10-12(23)3-9(22)4-13(10)24/h3-4,8,14-15,31H,2,5-7H2,1H3,(H,27,32)/t14-,15+/m1/s1. The summed E-state index contributed by atoms with van der Waals surface area (Å²) in [6.45, 7) is 0.887. The summed E-state index contributed by atoms with van der Waals surface area (Å²) in [6, 6.07) is -1.09. The average molecular weight is 471 g/mol. The predicted molar refractivity (Wildman–Crippen MR) is 104 cm³/mol. The molecule has 7 nitrogen and oxygen atoms in total. The minimum Gasteiger partial charge on any atom is -0.503 e. The van der Waals surface area contributed by atoms with Crippen molar-refractivity contribution in [2.45, 2.75) is 44.3 Å². The molecule has 2 heterocycles. The Labute approximate surface area is 183 Å². The molecule has 1 aliphatic heterocycles. The van der Waals surface area contributed by atoms with Gasteiger partial charge in [-0.15, -0.1) is 0 Å². The number of amides is 2. The molecule has 0 spiro atoms. The maximum atomic E-state index is 14.2. The Morgan fingerprint density at radius 3 is 2.36 bits per heavy atom. The number of fused-ring (bicyclic) bond motifs is 3. The lowest BCUT2D eigenvalue weighted by atomic mass is 10.0. The average Bonchev–Trinajstić information content (AvgIpc) is 3.04. The van der Waals surface area contributed by atoms with E-state index in [-0.39, 0.29) is 6.54 Å². The van der Waals surface area contributed by atoms with Gasteiger partial charge in [0.25, 0.3) is 17.7 Å². The molecule has 12 heteroatoms. The van der Waals surface area contributed by atoms with Gasteiger partial charge in [0.15, 0.2) is 11.4 Å². The van der Waals surface area contributed by atoms with Gasteiger partial charge in [-0.3, -0.25) is 14.4 Å². The summed E-state index contributed by atoms with van der Waals surface area (Å²) < 4.78 is 70.0. The lowest BCUT2D eigenvalue weighted by Crippen LogP contribution is -2.50. The number of likely N-dealkylation sites (N-methyl/N-ethyl adjacent to an activating group) is 1. The number of pyridine rings is 1. The van der Waals surface area contributed by atoms with Crippen molar-refractivity contribution in [3.05, 3.63) is 62.8 Å². The first kappa shape index (κ1) is 22.7. The monoisotopic (exact) mass is 471 g/mol. The third-order valence-electron chi connectivity index (χ3n) is 6.01. The minimum atomic E-state index is -3.11. The third-order valence-corrected chi connectivity index (χ3v) is 6.01. The summed E-state index contributed by atoms with van der Waals surface area (Å²) in [7, 11) is 0. The molecule has 0 radical (unpaired) electrons. The van der Waals surface area contributed by atoms with Crippen molar-refractivity contribution < 1.29 is 36.6 Å². The largest absolute Gasteiger partial charge is 0.503 e. The maximum absolute atomic E-state index is 14.2. The first-order valence-corrected chi connectivity index (χ1v) is 10.0. The highest BCUT2D eigenvalue weighted by atomic mass is 19.3. The zero-order chi connectivity index (χ0) is 24.2. The molecular formula is C21H18F5N3O4. The van der Waals surface area contributed by atoms with Gasteiger partial charge in [-0.2, -0.15) is 0 Å². The Balaban J connectivity index is 1.72. The second-order valence-corrected chi connectivity index (χ2v) is 8.00. The fraction of sp³-hybridized carbons (Fsp3) is 0.381. The predicted octanol–water partition coefficient (Wildman–Crippen LogP) is 2.72. The van der Waals surface area contributed by atoms with E-state index in [2.05, 4.69) is 5.32 Å². The fourth-order valence-corrected chi connectivity index (χ4v) is 4.49. The number of nitrogens with one attached hydrogen (secondary N) is 1. The van der Waals surface area contributed by atoms with E-state index in [1.54, 1.807) is 6.92 Å². The molecule has 1 fully saturated rings. The van der Waals surface area contributed by atoms with E-state index in [9.17, 15) is 41.4 Å². The summed E-state index contributed by atoms with van der Waals surface area (Å²) in [5.41, 5.74) is -3.12. The third kappa shape index (κ3) is 3.72. The first-order chi connectivity index (χ1) is 15.4. The highest BCUT2D eigenvalue weighted by molar-refractivity contribution is 5.99. The number of rotatable bonds is 4. The van der Waals surface area contributed by atoms with Crippen LogP contribution in [0.2, 0.25) is 0 Å². The van der Waals surface area contributed by atoms with Crippen molar-refractivity contribution in [3.63, 3.8) is 0 Å². The summed E-state index contributed by atoms with van der Waals surface area (Å²) in [4.78, 5) is 39.1. The fourth-order valence-electron chi connectivity index (χ4n) is 4.49. The van der Waals surface area contributed by atoms with Crippen molar-refractivity contribution >= 4 is 11.8 Å². The Kier molecular flexibility index (Phi) is 5.41. The molecule has 0 unspecified atom stereocenters. The number of carbonyl (C=O) groups is 2. The van der Waals surface area contributed by atoms with Gasteiger partial charge in [0.2, 0.25) is 5.43 Å². The Bertz CT molecular complexity index is 1210. The molecule has 0 saturated heterocycles. The number of nitrogens with zero attached hydrogens (tertiary/aromatic N) is 2. The van der Waals surface area contributed by atoms with Gasteiger partial charge < -0.3 is 19.9 Å². The molecule has 1 saturated carbocycles. The zero-order valence-electron chi connectivity index (χ0n) is 17.2. The van der Waals surface area contributed by atoms with Crippen molar-refractivity contribution in [2.75, 3.05) is 6.54 Å². The lowest BCUT2D eigenvalue weighted by molar-refractivity contribution is 0.00126. The molecule has 2 N–H and O–H groups in total. The molecule has 1 aromatic carbocycles. The molecule has 1 aliphatic carbocycles. The van der Waals surface area contributed by atoms with Gasteiger partial charge in [-0.1, -0.05) is 0 Å². The molecule has 4 rings (SSSR count). The minimum absolute atomic E-state index is 0.0702. The van der Waals surface area contributed by atoms with Gasteiger partial charge >= 0.3 is 0 Å². The second kappa shape index (κ2) is 7.85. The maximum Gasteiger partial charge on any atom is 0.274 e. The van der Waals surface area contributed by atoms with Crippen LogP contribution in [0, 0.1) is 17.5 Å². The molecule has 0 bridgehead atoms. The molecule has 2 atom stereocenters. The van der Waals surface area contributed by atoms with E-state index in [0.29, 0.717) is 12.1 Å². The highest BCUT2D eigenvalue weighted by Crippen LogP contribution is 2.47. The summed E-state index contributed by atoms with van der Waals surface area (Å²) >= 11 is 0. The topological polar surface area (TPSA) is 91.6 Å². The SMILES string of the molecule is CCN1C(=O)c2c(O)c(=O)c(C(=O)NCc3c(F)cc(F)cc3F)cn2[C@H]2CC(F)(F)C[C@H]21. The number of halogens is 5. The van der Waals surface area contributed by atoms with E-state index in [1.807, 2.05) is 0 Å². The van der Waals surface area contributed by atoms with Gasteiger partial charge in [0.1, 0.15) is 23.0 Å². The molecule has 176 valence electrons. The van der Waals surface area contributed by atoms with Crippen LogP contribution in [0.25, 0.3) is 0 Å². The van der Waals surface area contributed by atoms with E-state index < -0.39 is 94.7 Å². The van der Waals surface area contributed by atoms with Gasteiger partial charge in [-0.05, 0) is 6.92 Å². The lowest BCUT2D eigenvalue weighted by Gasteiger charge is -2.39. The summed E-state index contributed by atoms with van der Waals surface area (Å²) in [6.07, 6.45) is -0.397. The molecule has 2 aromatic rings. The number of carbonyl (C=O) groups excluding carboxylic acids is 2. The smallest absolute Gasteiger partial charge is 0.274 e. The highest BCUT2D eigenvalue weighted by Gasteiger charge is 2.54. The molecule has 2 amide bonds. The molecule has 1 aromatic heterocycles. The van der Waals surface area contributed by atoms with Crippen LogP contribution >= 0.6 is 0 Å². The molecule has 33 heavy (non-hydrogen) atoms. The van der Waals surface area contributed by atoms with E-state index in [4.69, 9.17) is 0 Å². The van der Waals surface area contributed by atoms with Crippen molar-refractivity contribution in [1.82, 2.24) is 14.8 Å². The number of aromatic hydroxyl groups is 1. The normalized spacial score (nSPS) is 21.0. The van der Waals surface area contributed by atoms with Crippen LogP contribution in [0.1, 0.15) is 52.2 Å². The van der Waals surface area contributed by atoms with Crippen LogP contribution in [0.15, 0.2) is 23.1 Å². The van der Waals surface area contributed by atoms with Gasteiger partial charge in [0.05, 0.1) is 12.1 Å². The van der Waals surface area contributed by atoms with E-state index in [0.717, 1.165) is 15.7 Å². The van der Waals surface area contributed by atoms with Crippen molar-refractivity contribution in [1.29, 1.82) is 0 Å². The summed E-state index contributed by atoms with van der Waals surface area (Å²) in [5, 5.41) is 12.5. The van der Waals surface area contributed by atoms with Crippen LogP contribution in [-0.4, -0.2) is 44.9 Å². The van der Waals surface area contributed by atoms with Crippen LogP contribution in [0.5, 0.6) is 5.75 Å². The quantitative estimate of drug-likeness (QED) is 0.671. The number of aromatic nitrogens is 1. The number of benzene rings is 1. The van der Waals surface area contributed by atoms with Gasteiger partial charge in [0, 0.05) is 49.8 Å². The van der Waals surface area contributed by atoms with Crippen LogP contribution < -0.4 is 10.7 Å².